The van der Waals surface area contributed by atoms with Gasteiger partial charge >= 0.3 is 0 Å². The van der Waals surface area contributed by atoms with Gasteiger partial charge in [0.2, 0.25) is 5.91 Å². The first-order chi connectivity index (χ1) is 8.03. The lowest BCUT2D eigenvalue weighted by Gasteiger charge is -2.32. The van der Waals surface area contributed by atoms with Gasteiger partial charge in [-0.1, -0.05) is 26.7 Å². The van der Waals surface area contributed by atoms with E-state index in [0.717, 1.165) is 18.8 Å². The summed E-state index contributed by atoms with van der Waals surface area (Å²) >= 11 is 0. The molecule has 3 nitrogen and oxygen atoms in total. The molecular formula is C14H24N2O. The molecule has 0 aromatic rings. The van der Waals surface area contributed by atoms with Crippen molar-refractivity contribution < 1.29 is 4.79 Å². The van der Waals surface area contributed by atoms with E-state index in [1.807, 2.05) is 0 Å². The maximum absolute atomic E-state index is 12.5. The molecule has 1 saturated heterocycles. The molecule has 0 bridgehead atoms. The van der Waals surface area contributed by atoms with Crippen LogP contribution >= 0.6 is 0 Å². The normalized spacial score (nSPS) is 32.6. The van der Waals surface area contributed by atoms with Crippen LogP contribution < -0.4 is 5.32 Å². The van der Waals surface area contributed by atoms with Crippen molar-refractivity contribution in [3.05, 3.63) is 0 Å². The molecule has 96 valence electrons. The Morgan fingerprint density at radius 2 is 2.00 bits per heavy atom. The van der Waals surface area contributed by atoms with E-state index in [9.17, 15) is 4.79 Å². The maximum Gasteiger partial charge on any atom is 0.244 e. The zero-order chi connectivity index (χ0) is 12.2. The van der Waals surface area contributed by atoms with Gasteiger partial charge in [-0.2, -0.15) is 0 Å². The molecule has 1 aliphatic heterocycles. The lowest BCUT2D eigenvalue weighted by molar-refractivity contribution is -0.133. The van der Waals surface area contributed by atoms with Crippen LogP contribution in [0.15, 0.2) is 0 Å². The van der Waals surface area contributed by atoms with Crippen LogP contribution in [-0.2, 0) is 4.79 Å². The average Bonchev–Trinajstić information content (AvgIpc) is 3.11. The Morgan fingerprint density at radius 3 is 2.47 bits per heavy atom. The van der Waals surface area contributed by atoms with E-state index >= 15 is 0 Å². The van der Waals surface area contributed by atoms with Crippen LogP contribution in [0.2, 0.25) is 0 Å². The summed E-state index contributed by atoms with van der Waals surface area (Å²) < 4.78 is 0. The molecule has 1 spiro atoms. The summed E-state index contributed by atoms with van der Waals surface area (Å²) in [5.74, 6) is 1.77. The molecule has 17 heavy (non-hydrogen) atoms. The maximum atomic E-state index is 12.5. The lowest BCUT2D eigenvalue weighted by Crippen LogP contribution is -2.46. The second-order valence-corrected chi connectivity index (χ2v) is 6.66. The summed E-state index contributed by atoms with van der Waals surface area (Å²) in [7, 11) is 0. The Bertz CT molecular complexity index is 331. The Labute approximate surface area is 104 Å². The molecule has 0 aromatic heterocycles. The van der Waals surface area contributed by atoms with Gasteiger partial charge in [0, 0.05) is 6.04 Å². The van der Waals surface area contributed by atoms with Crippen LogP contribution in [0.4, 0.5) is 0 Å². The summed E-state index contributed by atoms with van der Waals surface area (Å²) in [5, 5.41) is 3.59. The minimum Gasteiger partial charge on any atom is -0.323 e. The predicted octanol–water partition coefficient (Wildman–Crippen LogP) is 2.12. The van der Waals surface area contributed by atoms with Gasteiger partial charge in [0.1, 0.15) is 0 Å². The largest absolute Gasteiger partial charge is 0.323 e. The average molecular weight is 236 g/mol. The third kappa shape index (κ3) is 1.88. The van der Waals surface area contributed by atoms with Crippen LogP contribution in [0.3, 0.4) is 0 Å². The van der Waals surface area contributed by atoms with Crippen molar-refractivity contribution in [1.82, 2.24) is 10.2 Å². The summed E-state index contributed by atoms with van der Waals surface area (Å²) in [5.41, 5.74) is -0.146. The molecular weight excluding hydrogens is 212 g/mol. The van der Waals surface area contributed by atoms with Gasteiger partial charge in [-0.05, 0) is 38.0 Å². The number of hydrogen-bond donors (Lipinski definition) is 1. The Hall–Kier alpha value is -0.570. The van der Waals surface area contributed by atoms with Crippen molar-refractivity contribution in [2.75, 3.05) is 0 Å². The van der Waals surface area contributed by atoms with Crippen LogP contribution in [-0.4, -0.2) is 28.6 Å². The van der Waals surface area contributed by atoms with Gasteiger partial charge in [-0.3, -0.25) is 10.1 Å². The summed E-state index contributed by atoms with van der Waals surface area (Å²) in [6.45, 7) is 6.65. The molecule has 1 N–H and O–H groups in total. The highest BCUT2D eigenvalue weighted by Crippen LogP contribution is 2.45. The molecule has 0 aromatic carbocycles. The molecule has 2 aliphatic carbocycles. The highest BCUT2D eigenvalue weighted by molar-refractivity contribution is 5.92. The van der Waals surface area contributed by atoms with Crippen molar-refractivity contribution >= 4 is 5.91 Å². The molecule has 1 heterocycles. The Kier molecular flexibility index (Phi) is 2.51. The van der Waals surface area contributed by atoms with Gasteiger partial charge in [-0.15, -0.1) is 0 Å². The fourth-order valence-corrected chi connectivity index (χ4v) is 3.18. The quantitative estimate of drug-likeness (QED) is 0.811. The molecule has 3 fully saturated rings. The van der Waals surface area contributed by atoms with Crippen molar-refractivity contribution in [2.45, 2.75) is 70.6 Å². The number of hydrogen-bond acceptors (Lipinski definition) is 2. The molecule has 3 heteroatoms. The third-order valence-electron chi connectivity index (χ3n) is 4.60. The lowest BCUT2D eigenvalue weighted by atomic mass is 10.1. The first-order valence-corrected chi connectivity index (χ1v) is 7.14. The number of nitrogens with one attached hydrogen (secondary N) is 1. The van der Waals surface area contributed by atoms with Gasteiger partial charge in [0.05, 0.1) is 11.7 Å². The molecule has 2 unspecified atom stereocenters. The fourth-order valence-electron chi connectivity index (χ4n) is 3.18. The SMILES string of the molecule is CC(C)C1NC2(CC2)C(=O)N1C(C)CC1CC1. The zero-order valence-corrected chi connectivity index (χ0v) is 11.2. The first-order valence-electron chi connectivity index (χ1n) is 7.14. The number of carbonyl (C=O) groups excluding carboxylic acids is 1. The highest BCUT2D eigenvalue weighted by atomic mass is 16.2. The molecule has 2 atom stereocenters. The van der Waals surface area contributed by atoms with Crippen LogP contribution in [0, 0.1) is 11.8 Å². The summed E-state index contributed by atoms with van der Waals surface area (Å²) in [4.78, 5) is 14.7. The minimum atomic E-state index is -0.146. The monoisotopic (exact) mass is 236 g/mol. The first kappa shape index (κ1) is 11.5. The van der Waals surface area contributed by atoms with Crippen molar-refractivity contribution in [3.63, 3.8) is 0 Å². The van der Waals surface area contributed by atoms with Crippen molar-refractivity contribution in [3.8, 4) is 0 Å². The van der Waals surface area contributed by atoms with Crippen molar-refractivity contribution in [2.24, 2.45) is 11.8 Å². The topological polar surface area (TPSA) is 32.3 Å². The van der Waals surface area contributed by atoms with Gasteiger partial charge in [-0.25, -0.2) is 0 Å². The summed E-state index contributed by atoms with van der Waals surface area (Å²) in [6.07, 6.45) is 6.30. The standard InChI is InChI=1S/C14H24N2O/c1-9(2)12-15-14(6-7-14)13(17)16(12)10(3)8-11-4-5-11/h9-12,15H,4-8H2,1-3H3. The van der Waals surface area contributed by atoms with E-state index < -0.39 is 0 Å². The van der Waals surface area contributed by atoms with E-state index in [4.69, 9.17) is 0 Å². The van der Waals surface area contributed by atoms with E-state index in [1.165, 1.54) is 19.3 Å². The second kappa shape index (κ2) is 3.71. The van der Waals surface area contributed by atoms with Crippen LogP contribution in [0.1, 0.15) is 52.9 Å². The van der Waals surface area contributed by atoms with E-state index in [1.54, 1.807) is 0 Å². The number of carbonyl (C=O) groups is 1. The van der Waals surface area contributed by atoms with Crippen LogP contribution in [0.25, 0.3) is 0 Å². The number of nitrogens with zero attached hydrogens (tertiary/aromatic N) is 1. The van der Waals surface area contributed by atoms with Gasteiger partial charge < -0.3 is 4.90 Å². The molecule has 3 rings (SSSR count). The van der Waals surface area contributed by atoms with Gasteiger partial charge in [0.25, 0.3) is 0 Å². The minimum absolute atomic E-state index is 0.146. The smallest absolute Gasteiger partial charge is 0.244 e. The fraction of sp³-hybridized carbons (Fsp3) is 0.929. The third-order valence-corrected chi connectivity index (χ3v) is 4.60. The predicted molar refractivity (Wildman–Crippen MR) is 67.4 cm³/mol. The summed E-state index contributed by atoms with van der Waals surface area (Å²) in [6, 6.07) is 0.412. The van der Waals surface area contributed by atoms with E-state index in [0.29, 0.717) is 17.9 Å². The molecule has 2 saturated carbocycles. The van der Waals surface area contributed by atoms with Gasteiger partial charge in [0.15, 0.2) is 0 Å². The Morgan fingerprint density at radius 1 is 1.35 bits per heavy atom. The molecule has 0 radical (unpaired) electrons. The number of rotatable bonds is 4. The van der Waals surface area contributed by atoms with E-state index in [2.05, 4.69) is 31.0 Å². The molecule has 3 aliphatic rings. The number of amides is 1. The van der Waals surface area contributed by atoms with Crippen LogP contribution in [0.5, 0.6) is 0 Å². The Balaban J connectivity index is 1.76. The molecule has 1 amide bonds. The highest BCUT2D eigenvalue weighted by Gasteiger charge is 2.60. The van der Waals surface area contributed by atoms with E-state index in [-0.39, 0.29) is 11.7 Å². The van der Waals surface area contributed by atoms with Crippen molar-refractivity contribution in [1.29, 1.82) is 0 Å². The zero-order valence-electron chi connectivity index (χ0n) is 11.2. The second-order valence-electron chi connectivity index (χ2n) is 6.66.